The van der Waals surface area contributed by atoms with Crippen LogP contribution in [-0.2, 0) is 14.2 Å². The van der Waals surface area contributed by atoms with Crippen LogP contribution in [-0.4, -0.2) is 55.7 Å². The lowest BCUT2D eigenvalue weighted by atomic mass is 9.48. The molecule has 10 heteroatoms. The maximum absolute atomic E-state index is 12.6. The number of aliphatic hydroxyl groups excluding tert-OH is 1. The van der Waals surface area contributed by atoms with E-state index in [4.69, 9.17) is 26.4 Å². The number of aliphatic hydroxyl groups is 1. The van der Waals surface area contributed by atoms with Crippen LogP contribution in [0.3, 0.4) is 0 Å². The minimum atomic E-state index is -1.51. The van der Waals surface area contributed by atoms with Crippen LogP contribution < -0.4 is 5.73 Å². The first-order chi connectivity index (χ1) is 18.3. The highest BCUT2D eigenvalue weighted by atomic mass is 16.7. The van der Waals surface area contributed by atoms with Gasteiger partial charge in [0.05, 0.1) is 19.5 Å². The molecule has 0 spiro atoms. The lowest BCUT2D eigenvalue weighted by Crippen LogP contribution is -2.45. The SMILES string of the molecule is C#C[C@]1(CO)O[C@@H](n2cnc3c(N)nc(C)nc32)C[C@@H]1OC(=O)OCCCCC12CC3CC(CC(C3)C1)C2. The molecule has 38 heavy (non-hydrogen) atoms. The van der Waals surface area contributed by atoms with E-state index in [9.17, 15) is 9.90 Å². The molecule has 0 radical (unpaired) electrons. The predicted molar refractivity (Wildman–Crippen MR) is 139 cm³/mol. The Morgan fingerprint density at radius 1 is 1.21 bits per heavy atom. The van der Waals surface area contributed by atoms with Gasteiger partial charge in [0.2, 0.25) is 0 Å². The van der Waals surface area contributed by atoms with E-state index in [0.717, 1.165) is 30.6 Å². The van der Waals surface area contributed by atoms with Crippen molar-refractivity contribution in [3.63, 3.8) is 0 Å². The van der Waals surface area contributed by atoms with E-state index in [1.54, 1.807) is 11.5 Å². The molecule has 204 valence electrons. The number of ether oxygens (including phenoxy) is 3. The Labute approximate surface area is 222 Å². The highest BCUT2D eigenvalue weighted by Gasteiger charge is 2.52. The second kappa shape index (κ2) is 9.69. The zero-order chi connectivity index (χ0) is 26.5. The molecule has 4 saturated carbocycles. The van der Waals surface area contributed by atoms with E-state index >= 15 is 0 Å². The lowest BCUT2D eigenvalue weighted by Gasteiger charge is -2.57. The fraction of sp³-hybridized carbons (Fsp3) is 0.714. The van der Waals surface area contributed by atoms with Crippen molar-refractivity contribution in [3.05, 3.63) is 12.2 Å². The van der Waals surface area contributed by atoms with Crippen molar-refractivity contribution in [2.45, 2.75) is 89.1 Å². The molecule has 5 aliphatic rings. The largest absolute Gasteiger partial charge is 0.508 e. The van der Waals surface area contributed by atoms with Crippen LogP contribution in [0.15, 0.2) is 6.33 Å². The number of hydrogen-bond acceptors (Lipinski definition) is 9. The first-order valence-electron chi connectivity index (χ1n) is 13.9. The van der Waals surface area contributed by atoms with Crippen LogP contribution in [0, 0.1) is 42.4 Å². The predicted octanol–water partition coefficient (Wildman–Crippen LogP) is 3.91. The number of nitrogen functional groups attached to an aromatic ring is 1. The molecular formula is C28H37N5O5. The Morgan fingerprint density at radius 2 is 1.92 bits per heavy atom. The van der Waals surface area contributed by atoms with Gasteiger partial charge in [-0.1, -0.05) is 5.92 Å². The molecule has 0 amide bonds. The third kappa shape index (κ3) is 4.50. The number of nitrogens with zero attached hydrogens (tertiary/aromatic N) is 4. The van der Waals surface area contributed by atoms with Crippen molar-refractivity contribution in [3.8, 4) is 12.3 Å². The quantitative estimate of drug-likeness (QED) is 0.300. The van der Waals surface area contributed by atoms with Crippen LogP contribution in [0.1, 0.15) is 76.3 Å². The third-order valence-corrected chi connectivity index (χ3v) is 9.36. The summed E-state index contributed by atoms with van der Waals surface area (Å²) in [7, 11) is 0. The van der Waals surface area contributed by atoms with Gasteiger partial charge in [-0.3, -0.25) is 4.57 Å². The molecule has 4 bridgehead atoms. The van der Waals surface area contributed by atoms with E-state index in [1.807, 2.05) is 0 Å². The first-order valence-corrected chi connectivity index (χ1v) is 13.9. The summed E-state index contributed by atoms with van der Waals surface area (Å²) in [6.07, 6.45) is 16.7. The monoisotopic (exact) mass is 523 g/mol. The molecule has 3 N–H and O–H groups in total. The molecule has 1 aliphatic heterocycles. The summed E-state index contributed by atoms with van der Waals surface area (Å²) in [6, 6.07) is 0. The van der Waals surface area contributed by atoms with Crippen molar-refractivity contribution in [2.75, 3.05) is 18.9 Å². The maximum atomic E-state index is 12.6. The van der Waals surface area contributed by atoms with Crippen LogP contribution in [0.5, 0.6) is 0 Å². The second-order valence-corrected chi connectivity index (χ2v) is 12.1. The molecular weight excluding hydrogens is 486 g/mol. The van der Waals surface area contributed by atoms with E-state index in [0.29, 0.717) is 29.0 Å². The van der Waals surface area contributed by atoms with Crippen molar-refractivity contribution < 1.29 is 24.1 Å². The summed E-state index contributed by atoms with van der Waals surface area (Å²) in [4.78, 5) is 25.4. The molecule has 1 saturated heterocycles. The smallest absolute Gasteiger partial charge is 0.434 e. The molecule has 3 atom stereocenters. The van der Waals surface area contributed by atoms with Crippen molar-refractivity contribution >= 4 is 23.1 Å². The normalized spacial score (nSPS) is 35.4. The number of fused-ring (bicyclic) bond motifs is 1. The molecule has 2 aromatic rings. The number of aryl methyl sites for hydroxylation is 1. The van der Waals surface area contributed by atoms with Crippen LogP contribution in [0.2, 0.25) is 0 Å². The number of unbranched alkanes of at least 4 members (excludes halogenated alkanes) is 1. The topological polar surface area (TPSA) is 135 Å². The van der Waals surface area contributed by atoms with Gasteiger partial charge in [0.15, 0.2) is 23.2 Å². The van der Waals surface area contributed by atoms with Crippen molar-refractivity contribution in [1.29, 1.82) is 0 Å². The van der Waals surface area contributed by atoms with Gasteiger partial charge < -0.3 is 25.1 Å². The number of anilines is 1. The number of aromatic nitrogens is 4. The minimum Gasteiger partial charge on any atom is -0.434 e. The zero-order valence-corrected chi connectivity index (χ0v) is 22.0. The van der Waals surface area contributed by atoms with Crippen LogP contribution in [0.4, 0.5) is 10.6 Å². The van der Waals surface area contributed by atoms with Gasteiger partial charge >= 0.3 is 6.16 Å². The van der Waals surface area contributed by atoms with E-state index in [1.165, 1.54) is 51.3 Å². The summed E-state index contributed by atoms with van der Waals surface area (Å²) >= 11 is 0. The lowest BCUT2D eigenvalue weighted by molar-refractivity contribution is -0.0977. The molecule has 0 unspecified atom stereocenters. The van der Waals surface area contributed by atoms with Gasteiger partial charge in [-0.2, -0.15) is 0 Å². The minimum absolute atomic E-state index is 0.195. The van der Waals surface area contributed by atoms with Gasteiger partial charge in [-0.25, -0.2) is 19.7 Å². The average Bonchev–Trinajstić information content (AvgIpc) is 3.44. The fourth-order valence-corrected chi connectivity index (χ4v) is 8.13. The molecule has 4 aliphatic carbocycles. The Hall–Kier alpha value is -2.90. The standard InChI is InChI=1S/C28H37N5O5/c1-3-28(15-34)21(11-22(38-28)33-16-30-23-24(29)31-17(2)32-25(23)33)37-26(35)36-7-5-4-6-27-12-18-8-19(13-27)10-20(9-18)14-27/h1,16,18-22,34H,4-15H2,2H3,(H2,29,31,32)/t18?,19?,20?,21-,22+,27?,28+/m0/s1. The number of carbonyl (C=O) groups is 1. The Balaban J connectivity index is 1.03. The van der Waals surface area contributed by atoms with Crippen LogP contribution in [0.25, 0.3) is 11.2 Å². The van der Waals surface area contributed by atoms with Gasteiger partial charge in [-0.05, 0) is 87.9 Å². The third-order valence-electron chi connectivity index (χ3n) is 9.36. The number of imidazole rings is 1. The Morgan fingerprint density at radius 3 is 2.58 bits per heavy atom. The zero-order valence-electron chi connectivity index (χ0n) is 22.0. The molecule has 5 fully saturated rings. The van der Waals surface area contributed by atoms with E-state index < -0.39 is 30.7 Å². The van der Waals surface area contributed by atoms with E-state index in [-0.39, 0.29) is 12.2 Å². The number of carbonyl (C=O) groups excluding carboxylic acids is 1. The van der Waals surface area contributed by atoms with Gasteiger partial charge in [0.1, 0.15) is 17.6 Å². The van der Waals surface area contributed by atoms with Crippen molar-refractivity contribution in [1.82, 2.24) is 19.5 Å². The molecule has 0 aromatic carbocycles. The number of nitrogens with two attached hydrogens (primary N) is 1. The first kappa shape index (κ1) is 25.4. The maximum Gasteiger partial charge on any atom is 0.508 e. The average molecular weight is 524 g/mol. The summed E-state index contributed by atoms with van der Waals surface area (Å²) < 4.78 is 18.7. The summed E-state index contributed by atoms with van der Waals surface area (Å²) in [6.45, 7) is 1.50. The fourth-order valence-electron chi connectivity index (χ4n) is 8.13. The highest BCUT2D eigenvalue weighted by Crippen LogP contribution is 2.61. The number of hydrogen-bond donors (Lipinski definition) is 2. The number of rotatable bonds is 8. The molecule has 3 heterocycles. The highest BCUT2D eigenvalue weighted by molar-refractivity contribution is 5.81. The van der Waals surface area contributed by atoms with Crippen molar-refractivity contribution in [2.24, 2.45) is 23.2 Å². The summed E-state index contributed by atoms with van der Waals surface area (Å²) in [5.41, 5.74) is 5.92. The Kier molecular flexibility index (Phi) is 6.47. The summed E-state index contributed by atoms with van der Waals surface area (Å²) in [5.74, 6) is 6.07. The van der Waals surface area contributed by atoms with Crippen LogP contribution >= 0.6 is 0 Å². The van der Waals surface area contributed by atoms with Gasteiger partial charge in [-0.15, -0.1) is 6.42 Å². The molecule has 10 nitrogen and oxygen atoms in total. The molecule has 2 aromatic heterocycles. The summed E-state index contributed by atoms with van der Waals surface area (Å²) in [5, 5.41) is 10.1. The number of terminal acetylenes is 1. The Bertz CT molecular complexity index is 1220. The van der Waals surface area contributed by atoms with Gasteiger partial charge in [0.25, 0.3) is 0 Å². The van der Waals surface area contributed by atoms with E-state index in [2.05, 4.69) is 20.9 Å². The van der Waals surface area contributed by atoms with Gasteiger partial charge in [0, 0.05) is 6.42 Å². The second-order valence-electron chi connectivity index (χ2n) is 12.1. The molecule has 7 rings (SSSR count).